The summed E-state index contributed by atoms with van der Waals surface area (Å²) in [5.41, 5.74) is 1.06. The number of aryl methyl sites for hydroxylation is 1. The lowest BCUT2D eigenvalue weighted by atomic mass is 10.1. The normalized spacial score (nSPS) is 11.1. The van der Waals surface area contributed by atoms with Gasteiger partial charge in [-0.25, -0.2) is 9.97 Å². The van der Waals surface area contributed by atoms with Gasteiger partial charge in [0.05, 0.1) is 9.26 Å². The topological polar surface area (TPSA) is 51.0 Å². The largest absolute Gasteiger partial charge is 0.458 e. The molecule has 2 aromatic rings. The van der Waals surface area contributed by atoms with E-state index < -0.39 is 0 Å². The van der Waals surface area contributed by atoms with Gasteiger partial charge in [-0.2, -0.15) is 0 Å². The van der Waals surface area contributed by atoms with E-state index in [-0.39, 0.29) is 0 Å². The number of aromatic nitrogens is 2. The summed E-state index contributed by atoms with van der Waals surface area (Å²) in [7, 11) is 0. The second kappa shape index (κ2) is 7.24. The molecule has 2 aromatic heterocycles. The predicted octanol–water partition coefficient (Wildman–Crippen LogP) is 4.85. The van der Waals surface area contributed by atoms with Gasteiger partial charge in [0.1, 0.15) is 11.6 Å². The number of furan rings is 1. The number of rotatable bonds is 6. The maximum atomic E-state index is 5.80. The van der Waals surface area contributed by atoms with Crippen molar-refractivity contribution in [3.8, 4) is 11.6 Å². The number of hydrogen-bond acceptors (Lipinski definition) is 4. The standard InChI is InChI=1S/C16H22IN3O/c1-5-9-18-16-13(17)14(10(3)4)19-15(20-16)12-8-7-11(6-2)21-12/h7-8,10H,5-6,9H2,1-4H3,(H,18,19,20). The highest BCUT2D eigenvalue weighted by Gasteiger charge is 2.17. The van der Waals surface area contributed by atoms with E-state index in [2.05, 4.69) is 60.6 Å². The van der Waals surface area contributed by atoms with E-state index in [1.165, 1.54) is 0 Å². The molecule has 4 nitrogen and oxygen atoms in total. The van der Waals surface area contributed by atoms with E-state index in [0.29, 0.717) is 11.7 Å². The van der Waals surface area contributed by atoms with Crippen LogP contribution in [0.5, 0.6) is 0 Å². The summed E-state index contributed by atoms with van der Waals surface area (Å²) in [6.07, 6.45) is 1.94. The zero-order chi connectivity index (χ0) is 15.4. The van der Waals surface area contributed by atoms with Crippen LogP contribution in [-0.2, 0) is 6.42 Å². The Morgan fingerprint density at radius 3 is 2.57 bits per heavy atom. The minimum Gasteiger partial charge on any atom is -0.458 e. The zero-order valence-electron chi connectivity index (χ0n) is 13.0. The molecule has 114 valence electrons. The van der Waals surface area contributed by atoms with Crippen LogP contribution in [-0.4, -0.2) is 16.5 Å². The molecule has 5 heteroatoms. The van der Waals surface area contributed by atoms with Crippen LogP contribution in [0.4, 0.5) is 5.82 Å². The summed E-state index contributed by atoms with van der Waals surface area (Å²) >= 11 is 2.33. The highest BCUT2D eigenvalue weighted by Crippen LogP contribution is 2.29. The van der Waals surface area contributed by atoms with Gasteiger partial charge in [-0.3, -0.25) is 0 Å². The van der Waals surface area contributed by atoms with Gasteiger partial charge in [-0.05, 0) is 47.1 Å². The first-order valence-electron chi connectivity index (χ1n) is 7.47. The highest BCUT2D eigenvalue weighted by molar-refractivity contribution is 14.1. The van der Waals surface area contributed by atoms with Gasteiger partial charge in [-0.1, -0.05) is 27.7 Å². The van der Waals surface area contributed by atoms with Crippen molar-refractivity contribution in [1.29, 1.82) is 0 Å². The lowest BCUT2D eigenvalue weighted by Gasteiger charge is -2.14. The molecular weight excluding hydrogens is 377 g/mol. The minimum absolute atomic E-state index is 0.349. The van der Waals surface area contributed by atoms with E-state index in [1.54, 1.807) is 0 Å². The SMILES string of the molecule is CCCNc1nc(-c2ccc(CC)o2)nc(C(C)C)c1I. The van der Waals surface area contributed by atoms with Crippen molar-refractivity contribution in [2.75, 3.05) is 11.9 Å². The Morgan fingerprint density at radius 1 is 1.24 bits per heavy atom. The summed E-state index contributed by atoms with van der Waals surface area (Å²) in [6.45, 7) is 9.42. The zero-order valence-corrected chi connectivity index (χ0v) is 15.2. The molecule has 0 atom stereocenters. The van der Waals surface area contributed by atoms with Crippen molar-refractivity contribution in [3.05, 3.63) is 27.2 Å². The fraction of sp³-hybridized carbons (Fsp3) is 0.500. The number of halogens is 1. The van der Waals surface area contributed by atoms with E-state index in [0.717, 1.165) is 46.0 Å². The first-order valence-corrected chi connectivity index (χ1v) is 8.55. The van der Waals surface area contributed by atoms with Gasteiger partial charge in [0, 0.05) is 13.0 Å². The molecular formula is C16H22IN3O. The van der Waals surface area contributed by atoms with Gasteiger partial charge < -0.3 is 9.73 Å². The molecule has 0 aliphatic heterocycles. The molecule has 0 radical (unpaired) electrons. The average Bonchev–Trinajstić information content (AvgIpc) is 2.94. The lowest BCUT2D eigenvalue weighted by molar-refractivity contribution is 0.525. The van der Waals surface area contributed by atoms with Crippen LogP contribution in [0.25, 0.3) is 11.6 Å². The van der Waals surface area contributed by atoms with Crippen molar-refractivity contribution in [3.63, 3.8) is 0 Å². The third kappa shape index (κ3) is 3.75. The van der Waals surface area contributed by atoms with Crippen LogP contribution in [0, 0.1) is 3.57 Å². The first kappa shape index (κ1) is 16.3. The van der Waals surface area contributed by atoms with Crippen molar-refractivity contribution in [2.45, 2.75) is 46.5 Å². The smallest absolute Gasteiger partial charge is 0.197 e. The van der Waals surface area contributed by atoms with Gasteiger partial charge in [0.25, 0.3) is 0 Å². The predicted molar refractivity (Wildman–Crippen MR) is 94.7 cm³/mol. The molecule has 0 aliphatic rings. The summed E-state index contributed by atoms with van der Waals surface area (Å²) in [5.74, 6) is 3.62. The fourth-order valence-corrected chi connectivity index (χ4v) is 3.06. The summed E-state index contributed by atoms with van der Waals surface area (Å²) in [5, 5.41) is 3.39. The highest BCUT2D eigenvalue weighted by atomic mass is 127. The summed E-state index contributed by atoms with van der Waals surface area (Å²) in [6, 6.07) is 3.94. The monoisotopic (exact) mass is 399 g/mol. The number of anilines is 1. The number of nitrogens with one attached hydrogen (secondary N) is 1. The molecule has 2 heterocycles. The molecule has 0 unspecified atom stereocenters. The quantitative estimate of drug-likeness (QED) is 0.706. The molecule has 0 fully saturated rings. The molecule has 21 heavy (non-hydrogen) atoms. The Morgan fingerprint density at radius 2 is 2.00 bits per heavy atom. The van der Waals surface area contributed by atoms with Crippen molar-refractivity contribution >= 4 is 28.4 Å². The van der Waals surface area contributed by atoms with Crippen LogP contribution >= 0.6 is 22.6 Å². The van der Waals surface area contributed by atoms with Gasteiger partial charge in [0.15, 0.2) is 11.6 Å². The Kier molecular flexibility index (Phi) is 5.61. The third-order valence-corrected chi connectivity index (χ3v) is 4.26. The Hall–Kier alpha value is -1.11. The maximum Gasteiger partial charge on any atom is 0.197 e. The molecule has 2 rings (SSSR count). The first-order chi connectivity index (χ1) is 10.1. The molecule has 0 spiro atoms. The number of hydrogen-bond donors (Lipinski definition) is 1. The van der Waals surface area contributed by atoms with Crippen molar-refractivity contribution < 1.29 is 4.42 Å². The Bertz CT molecular complexity index is 608. The second-order valence-corrected chi connectivity index (χ2v) is 6.37. The van der Waals surface area contributed by atoms with Crippen molar-refractivity contribution in [2.24, 2.45) is 0 Å². The van der Waals surface area contributed by atoms with E-state index in [9.17, 15) is 0 Å². The molecule has 0 bridgehead atoms. The minimum atomic E-state index is 0.349. The van der Waals surface area contributed by atoms with Crippen LogP contribution in [0.15, 0.2) is 16.5 Å². The van der Waals surface area contributed by atoms with Gasteiger partial charge >= 0.3 is 0 Å². The van der Waals surface area contributed by atoms with Crippen LogP contribution in [0.3, 0.4) is 0 Å². The molecule has 0 saturated heterocycles. The third-order valence-electron chi connectivity index (χ3n) is 3.20. The lowest BCUT2D eigenvalue weighted by Crippen LogP contribution is -2.09. The van der Waals surface area contributed by atoms with E-state index in [1.807, 2.05) is 12.1 Å². The Balaban J connectivity index is 2.47. The molecule has 0 aliphatic carbocycles. The van der Waals surface area contributed by atoms with Crippen LogP contribution in [0.2, 0.25) is 0 Å². The molecule has 0 saturated carbocycles. The second-order valence-electron chi connectivity index (χ2n) is 5.30. The van der Waals surface area contributed by atoms with E-state index in [4.69, 9.17) is 9.40 Å². The van der Waals surface area contributed by atoms with Crippen LogP contribution < -0.4 is 5.32 Å². The number of nitrogens with zero attached hydrogens (tertiary/aromatic N) is 2. The molecule has 0 aromatic carbocycles. The molecule has 1 N–H and O–H groups in total. The van der Waals surface area contributed by atoms with Crippen molar-refractivity contribution in [1.82, 2.24) is 9.97 Å². The van der Waals surface area contributed by atoms with Crippen LogP contribution in [0.1, 0.15) is 51.5 Å². The maximum absolute atomic E-state index is 5.80. The summed E-state index contributed by atoms with van der Waals surface area (Å²) < 4.78 is 6.90. The molecule has 0 amide bonds. The van der Waals surface area contributed by atoms with Gasteiger partial charge in [0.2, 0.25) is 0 Å². The average molecular weight is 399 g/mol. The Labute approximate surface area is 139 Å². The summed E-state index contributed by atoms with van der Waals surface area (Å²) in [4.78, 5) is 9.35. The van der Waals surface area contributed by atoms with E-state index >= 15 is 0 Å². The fourth-order valence-electron chi connectivity index (χ4n) is 2.01. The van der Waals surface area contributed by atoms with Gasteiger partial charge in [-0.15, -0.1) is 0 Å².